The molecule has 1 atom stereocenters. The Morgan fingerprint density at radius 3 is 1.09 bits per heavy atom. The van der Waals surface area contributed by atoms with Crippen LogP contribution in [0.4, 0.5) is 0 Å². The zero-order chi connectivity index (χ0) is 38.1. The zero-order valence-corrected chi connectivity index (χ0v) is 39.0. The van der Waals surface area contributed by atoms with E-state index < -0.39 is 0 Å². The van der Waals surface area contributed by atoms with Crippen molar-refractivity contribution in [3.63, 3.8) is 0 Å². The van der Waals surface area contributed by atoms with Gasteiger partial charge >= 0.3 is 151 Å². The zero-order valence-electron chi connectivity index (χ0n) is 35.1. The van der Waals surface area contributed by atoms with E-state index in [0.717, 1.165) is 0 Å². The second-order valence-electron chi connectivity index (χ2n) is 18.7. The Bertz CT molecular complexity index is 1890. The van der Waals surface area contributed by atoms with Gasteiger partial charge < -0.3 is 24.8 Å². The third-order valence-corrected chi connectivity index (χ3v) is 11.5. The van der Waals surface area contributed by atoms with Crippen LogP contribution in [-0.4, -0.2) is 3.21 Å². The Morgan fingerprint density at radius 2 is 0.849 bits per heavy atom. The molecule has 0 radical (unpaired) electrons. The van der Waals surface area contributed by atoms with Crippen molar-refractivity contribution >= 4 is 24.8 Å². The van der Waals surface area contributed by atoms with Gasteiger partial charge in [0, 0.05) is 0 Å². The summed E-state index contributed by atoms with van der Waals surface area (Å²) in [6, 6.07) is 34.3. The maximum absolute atomic E-state index is 3.29. The monoisotopic (exact) mass is 822 g/mol. The maximum atomic E-state index is 3.29. The molecule has 53 heavy (non-hydrogen) atoms. The fourth-order valence-corrected chi connectivity index (χ4v) is 7.21. The fourth-order valence-electron chi connectivity index (χ4n) is 6.39. The Morgan fingerprint density at radius 1 is 0.528 bits per heavy atom. The Hall–Kier alpha value is -2.44. The van der Waals surface area contributed by atoms with Crippen molar-refractivity contribution in [2.75, 3.05) is 0 Å². The van der Waals surface area contributed by atoms with Crippen LogP contribution in [0.15, 0.2) is 108 Å². The third-order valence-electron chi connectivity index (χ3n) is 10.1. The molecule has 0 spiro atoms. The van der Waals surface area contributed by atoms with Crippen molar-refractivity contribution in [1.82, 2.24) is 0 Å². The van der Waals surface area contributed by atoms with Crippen molar-refractivity contribution < 1.29 is 49.0 Å². The van der Waals surface area contributed by atoms with Gasteiger partial charge in [0.1, 0.15) is 0 Å². The molecule has 0 bridgehead atoms. The molecular weight excluding hydrogens is 763 g/mol. The minimum absolute atomic E-state index is 0. The van der Waals surface area contributed by atoms with E-state index in [9.17, 15) is 0 Å². The van der Waals surface area contributed by atoms with E-state index in [2.05, 4.69) is 207 Å². The average molecular weight is 825 g/mol. The summed E-state index contributed by atoms with van der Waals surface area (Å²) in [6.07, 6.45) is 5.52. The summed E-state index contributed by atoms with van der Waals surface area (Å²) >= 11 is 1.46. The summed E-state index contributed by atoms with van der Waals surface area (Å²) in [5.74, 6) is 0.551. The van der Waals surface area contributed by atoms with Crippen LogP contribution in [0.2, 0.25) is 0 Å². The third kappa shape index (κ3) is 12.3. The predicted molar refractivity (Wildman–Crippen MR) is 223 cm³/mol. The van der Waals surface area contributed by atoms with Crippen molar-refractivity contribution in [2.45, 2.75) is 126 Å². The molecule has 1 unspecified atom stereocenters. The Labute approximate surface area is 350 Å². The molecule has 0 aromatic heterocycles. The SMILES string of the molecule is CC(C)(C)c1ccc([C](=[Zr+2])c2ccc(C(C)(C)C)cc2)cc1.CC(C)(C)c1ccc2c(c1)[cH-]c1cc(C(C)(C)C)ccc12.CC1=[C-]C(C)C=C1C.[Cl-].[Cl-]. The van der Waals surface area contributed by atoms with Crippen molar-refractivity contribution in [2.24, 2.45) is 5.92 Å². The average Bonchev–Trinajstić information content (AvgIpc) is 3.55. The minimum atomic E-state index is 0. The molecule has 282 valence electrons. The van der Waals surface area contributed by atoms with Gasteiger partial charge in [0.05, 0.1) is 0 Å². The molecule has 0 saturated heterocycles. The first kappa shape index (κ1) is 46.7. The summed E-state index contributed by atoms with van der Waals surface area (Å²) < 4.78 is 1.42. The van der Waals surface area contributed by atoms with Crippen molar-refractivity contribution in [1.29, 1.82) is 0 Å². The summed E-state index contributed by atoms with van der Waals surface area (Å²) in [5.41, 5.74) is 11.8. The smallest absolute Gasteiger partial charge is 0.0202 e. The van der Waals surface area contributed by atoms with Gasteiger partial charge in [0.25, 0.3) is 0 Å². The maximum Gasteiger partial charge on any atom is -0.0202 e. The van der Waals surface area contributed by atoms with Crippen LogP contribution >= 0.6 is 0 Å². The molecule has 0 nitrogen and oxygen atoms in total. The van der Waals surface area contributed by atoms with E-state index in [1.165, 1.54) is 93.5 Å². The van der Waals surface area contributed by atoms with Crippen LogP contribution in [0, 0.1) is 12.0 Å². The Kier molecular flexibility index (Phi) is 15.9. The second kappa shape index (κ2) is 18.0. The van der Waals surface area contributed by atoms with E-state index >= 15 is 0 Å². The van der Waals surface area contributed by atoms with Crippen molar-refractivity contribution in [3.8, 4) is 0 Å². The quantitative estimate of drug-likeness (QED) is 0.158. The van der Waals surface area contributed by atoms with Gasteiger partial charge in [-0.2, -0.15) is 6.08 Å². The van der Waals surface area contributed by atoms with Crippen molar-refractivity contribution in [3.05, 3.63) is 148 Å². The molecule has 5 aromatic carbocycles. The summed E-state index contributed by atoms with van der Waals surface area (Å²) in [4.78, 5) is 0. The van der Waals surface area contributed by atoms with Crippen LogP contribution in [0.25, 0.3) is 21.5 Å². The van der Waals surface area contributed by atoms with Gasteiger partial charge in [-0.3, -0.25) is 6.08 Å². The molecule has 0 heterocycles. The predicted octanol–water partition coefficient (Wildman–Crippen LogP) is 8.04. The molecule has 1 aliphatic carbocycles. The van der Waals surface area contributed by atoms with Gasteiger partial charge in [-0.05, 0) is 10.8 Å². The molecule has 5 aromatic rings. The topological polar surface area (TPSA) is 0 Å². The van der Waals surface area contributed by atoms with E-state index in [0.29, 0.717) is 5.92 Å². The first-order valence-corrected chi connectivity index (χ1v) is 19.9. The van der Waals surface area contributed by atoms with Gasteiger partial charge in [-0.25, -0.2) is 11.1 Å². The molecule has 0 N–H and O–H groups in total. The number of rotatable bonds is 2. The number of allylic oxidation sites excluding steroid dienone is 4. The molecular formula is C50H62Cl2Zr-2. The molecule has 0 aliphatic heterocycles. The number of benzene rings is 4. The van der Waals surface area contributed by atoms with Gasteiger partial charge in [-0.15, -0.1) is 46.7 Å². The first-order chi connectivity index (χ1) is 23.4. The number of hydrogen-bond donors (Lipinski definition) is 0. The van der Waals surface area contributed by atoms with Gasteiger partial charge in [-0.1, -0.05) is 96.7 Å². The summed E-state index contributed by atoms with van der Waals surface area (Å²) in [7, 11) is 0. The van der Waals surface area contributed by atoms with E-state index in [1.807, 2.05) is 0 Å². The van der Waals surface area contributed by atoms with E-state index in [-0.39, 0.29) is 46.5 Å². The molecule has 0 fully saturated rings. The molecule has 0 saturated carbocycles. The molecule has 1 aliphatic rings. The van der Waals surface area contributed by atoms with Crippen LogP contribution in [-0.2, 0) is 45.9 Å². The van der Waals surface area contributed by atoms with Gasteiger partial charge in [0.2, 0.25) is 0 Å². The molecule has 6 rings (SSSR count). The number of fused-ring (bicyclic) bond motifs is 3. The summed E-state index contributed by atoms with van der Waals surface area (Å²) in [5, 5.41) is 5.48. The Balaban J connectivity index is 0.000000295. The summed E-state index contributed by atoms with van der Waals surface area (Å²) in [6.45, 7) is 33.6. The standard InChI is InChI=1S/C21H25.C21H26.C8H11.2ClH.Zr/c1-20(2,3)16-7-9-18-14(12-16)11-15-13-17(21(4,5)6)8-10-19(15)18;1-20(2,3)18-11-7-16(8-12-18)15-17-9-13-19(14-10-17)21(4,5)6;1-6-4-7(2)8(3)5-6;;;/h7-13H,1-6H3;7-14H,1-6H3;4,6H,1-3H3;2*1H;/q-1;;-1;;;+2/p-2. The normalized spacial score (nSPS) is 14.5. The van der Waals surface area contributed by atoms with Crippen LogP contribution in [0.3, 0.4) is 0 Å². The minimum Gasteiger partial charge on any atom is -1.00 e. The largest absolute Gasteiger partial charge is 1.00 e. The first-order valence-electron chi connectivity index (χ1n) is 18.7. The molecule has 3 heteroatoms. The fraction of sp³-hybridized carbons (Fsp3) is 0.400. The number of halogens is 2. The van der Waals surface area contributed by atoms with E-state index in [1.54, 1.807) is 0 Å². The van der Waals surface area contributed by atoms with Crippen LogP contribution in [0.5, 0.6) is 0 Å². The van der Waals surface area contributed by atoms with E-state index in [4.69, 9.17) is 0 Å². The second-order valence-corrected chi connectivity index (χ2v) is 19.9. The number of hydrogen-bond acceptors (Lipinski definition) is 0. The van der Waals surface area contributed by atoms with Crippen LogP contribution < -0.4 is 24.8 Å². The van der Waals surface area contributed by atoms with Crippen LogP contribution in [0.1, 0.15) is 137 Å². The van der Waals surface area contributed by atoms with Gasteiger partial charge in [0.15, 0.2) is 0 Å². The molecule has 0 amide bonds.